The zero-order valence-electron chi connectivity index (χ0n) is 15.6. The Hall–Kier alpha value is -3.62. The second-order valence-corrected chi connectivity index (χ2v) is 7.02. The molecule has 1 atom stereocenters. The molecule has 0 aliphatic carbocycles. The van der Waals surface area contributed by atoms with Gasteiger partial charge in [-0.15, -0.1) is 0 Å². The van der Waals surface area contributed by atoms with Crippen molar-refractivity contribution in [1.29, 1.82) is 0 Å². The third-order valence-corrected chi connectivity index (χ3v) is 5.00. The molecule has 0 spiro atoms. The highest BCUT2D eigenvalue weighted by Gasteiger charge is 2.50. The van der Waals surface area contributed by atoms with E-state index < -0.39 is 29.1 Å². The summed E-state index contributed by atoms with van der Waals surface area (Å²) < 4.78 is 28.9. The van der Waals surface area contributed by atoms with Crippen molar-refractivity contribution in [3.8, 4) is 0 Å². The highest BCUT2D eigenvalue weighted by atomic mass is 19.1. The van der Waals surface area contributed by atoms with Gasteiger partial charge in [0.25, 0.3) is 11.5 Å². The van der Waals surface area contributed by atoms with Gasteiger partial charge in [-0.3, -0.25) is 18.9 Å². The Kier molecular flexibility index (Phi) is 4.18. The highest BCUT2D eigenvalue weighted by Crippen LogP contribution is 2.31. The van der Waals surface area contributed by atoms with Gasteiger partial charge in [-0.25, -0.2) is 18.6 Å². The highest BCUT2D eigenvalue weighted by molar-refractivity contribution is 6.07. The fourth-order valence-corrected chi connectivity index (χ4v) is 3.52. The van der Waals surface area contributed by atoms with Gasteiger partial charge in [0.1, 0.15) is 22.8 Å². The van der Waals surface area contributed by atoms with E-state index in [-0.39, 0.29) is 23.4 Å². The van der Waals surface area contributed by atoms with Gasteiger partial charge in [-0.1, -0.05) is 12.1 Å². The van der Waals surface area contributed by atoms with Crippen molar-refractivity contribution < 1.29 is 18.4 Å². The molecule has 7 nitrogen and oxygen atoms in total. The lowest BCUT2D eigenvalue weighted by atomic mass is 9.91. The number of rotatable bonds is 3. The van der Waals surface area contributed by atoms with Crippen molar-refractivity contribution in [2.24, 2.45) is 0 Å². The second kappa shape index (κ2) is 6.47. The number of carbonyl (C=O) groups is 2. The maximum atomic E-state index is 14.2. The summed E-state index contributed by atoms with van der Waals surface area (Å²) in [5, 5.41) is 2.45. The molecule has 2 aromatic heterocycles. The van der Waals surface area contributed by atoms with Crippen LogP contribution in [0.15, 0.2) is 47.3 Å². The number of aromatic nitrogens is 2. The van der Waals surface area contributed by atoms with Crippen LogP contribution in [0, 0.1) is 18.6 Å². The van der Waals surface area contributed by atoms with Crippen molar-refractivity contribution in [2.75, 3.05) is 0 Å². The number of imide groups is 1. The van der Waals surface area contributed by atoms with Crippen molar-refractivity contribution in [3.05, 3.63) is 81.4 Å². The number of nitrogens with zero attached hydrogens (tertiary/aromatic N) is 3. The molecule has 29 heavy (non-hydrogen) atoms. The molecule has 4 rings (SSSR count). The molecule has 3 aromatic rings. The summed E-state index contributed by atoms with van der Waals surface area (Å²) in [4.78, 5) is 43.0. The first-order valence-corrected chi connectivity index (χ1v) is 8.78. The van der Waals surface area contributed by atoms with E-state index in [2.05, 4.69) is 10.3 Å². The molecular weight excluding hydrogens is 382 g/mol. The van der Waals surface area contributed by atoms with Crippen molar-refractivity contribution in [3.63, 3.8) is 0 Å². The molecule has 148 valence electrons. The van der Waals surface area contributed by atoms with Gasteiger partial charge in [0.15, 0.2) is 0 Å². The van der Waals surface area contributed by atoms with Crippen molar-refractivity contribution in [2.45, 2.75) is 25.9 Å². The fourth-order valence-electron chi connectivity index (χ4n) is 3.52. The van der Waals surface area contributed by atoms with Crippen LogP contribution in [0.5, 0.6) is 0 Å². The minimum atomic E-state index is -1.70. The maximum Gasteiger partial charge on any atom is 0.325 e. The normalized spacial score (nSPS) is 19.1. The Morgan fingerprint density at radius 3 is 2.59 bits per heavy atom. The standard InChI is InChI=1S/C20H16F2N4O3/c1-11-4-3-5-16-23-13(9-17(27)26(11)16)10-25-18(28)20(2,24-19(25)29)14-7-6-12(21)8-15(14)22/h3-9H,10H2,1-2H3,(H,24,29). The molecule has 0 saturated carbocycles. The zero-order valence-corrected chi connectivity index (χ0v) is 15.6. The van der Waals surface area contributed by atoms with E-state index in [1.807, 2.05) is 0 Å². The summed E-state index contributed by atoms with van der Waals surface area (Å²) in [6.45, 7) is 2.84. The van der Waals surface area contributed by atoms with Gasteiger partial charge in [0.05, 0.1) is 12.2 Å². The van der Waals surface area contributed by atoms with Gasteiger partial charge in [-0.05, 0) is 32.0 Å². The van der Waals surface area contributed by atoms with Crippen LogP contribution in [0.4, 0.5) is 13.6 Å². The first-order chi connectivity index (χ1) is 13.7. The number of aryl methyl sites for hydroxylation is 1. The average Bonchev–Trinajstić information content (AvgIpc) is 2.85. The number of hydrogen-bond donors (Lipinski definition) is 1. The molecule has 1 unspecified atom stereocenters. The van der Waals surface area contributed by atoms with Crippen LogP contribution in [0.3, 0.4) is 0 Å². The number of hydrogen-bond acceptors (Lipinski definition) is 4. The lowest BCUT2D eigenvalue weighted by molar-refractivity contribution is -0.131. The molecule has 1 aliphatic heterocycles. The van der Waals surface area contributed by atoms with Crippen LogP contribution < -0.4 is 10.9 Å². The van der Waals surface area contributed by atoms with E-state index in [4.69, 9.17) is 0 Å². The summed E-state index contributed by atoms with van der Waals surface area (Å²) in [6.07, 6.45) is 0. The molecule has 0 bridgehead atoms. The predicted octanol–water partition coefficient (Wildman–Crippen LogP) is 2.25. The minimum absolute atomic E-state index is 0.151. The predicted molar refractivity (Wildman–Crippen MR) is 99.0 cm³/mol. The SMILES string of the molecule is Cc1cccc2nc(CN3C(=O)NC(C)(c4ccc(F)cc4F)C3=O)cc(=O)n12. The second-order valence-electron chi connectivity index (χ2n) is 7.02. The summed E-state index contributed by atoms with van der Waals surface area (Å²) in [5.41, 5.74) is -0.901. The molecular formula is C20H16F2N4O3. The van der Waals surface area contributed by atoms with Crippen LogP contribution in [0.2, 0.25) is 0 Å². The van der Waals surface area contributed by atoms with E-state index in [1.54, 1.807) is 25.1 Å². The summed E-state index contributed by atoms with van der Waals surface area (Å²) >= 11 is 0. The molecule has 3 heterocycles. The maximum absolute atomic E-state index is 14.2. The van der Waals surface area contributed by atoms with Gasteiger partial charge >= 0.3 is 6.03 Å². The van der Waals surface area contributed by atoms with Crippen LogP contribution in [-0.2, 0) is 16.9 Å². The molecule has 1 aliphatic rings. The molecule has 9 heteroatoms. The van der Waals surface area contributed by atoms with Crippen LogP contribution in [0.25, 0.3) is 5.65 Å². The third kappa shape index (κ3) is 2.95. The minimum Gasteiger partial charge on any atom is -0.319 e. The van der Waals surface area contributed by atoms with Crippen LogP contribution in [0.1, 0.15) is 23.9 Å². The Morgan fingerprint density at radius 2 is 1.86 bits per heavy atom. The number of urea groups is 1. The van der Waals surface area contributed by atoms with E-state index in [0.717, 1.165) is 17.0 Å². The number of halogens is 2. The Morgan fingerprint density at radius 1 is 1.10 bits per heavy atom. The fraction of sp³-hybridized carbons (Fsp3) is 0.200. The number of pyridine rings is 1. The number of fused-ring (bicyclic) bond motifs is 1. The van der Waals surface area contributed by atoms with E-state index in [9.17, 15) is 23.2 Å². The molecule has 1 aromatic carbocycles. The van der Waals surface area contributed by atoms with Gasteiger partial charge in [-0.2, -0.15) is 0 Å². The van der Waals surface area contributed by atoms with Crippen LogP contribution >= 0.6 is 0 Å². The zero-order chi connectivity index (χ0) is 20.9. The van der Waals surface area contributed by atoms with Gasteiger partial charge in [0.2, 0.25) is 0 Å². The monoisotopic (exact) mass is 398 g/mol. The van der Waals surface area contributed by atoms with Crippen molar-refractivity contribution >= 4 is 17.6 Å². The quantitative estimate of drug-likeness (QED) is 0.686. The number of carbonyl (C=O) groups excluding carboxylic acids is 2. The van der Waals surface area contributed by atoms with Crippen molar-refractivity contribution in [1.82, 2.24) is 19.6 Å². The Labute approximate surface area is 163 Å². The smallest absolute Gasteiger partial charge is 0.319 e. The van der Waals surface area contributed by atoms with E-state index in [1.165, 1.54) is 17.4 Å². The first-order valence-electron chi connectivity index (χ1n) is 8.78. The topological polar surface area (TPSA) is 83.8 Å². The Balaban J connectivity index is 1.70. The number of nitrogens with one attached hydrogen (secondary N) is 1. The van der Waals surface area contributed by atoms with Crippen LogP contribution in [-0.4, -0.2) is 26.2 Å². The third-order valence-electron chi connectivity index (χ3n) is 5.00. The van der Waals surface area contributed by atoms with E-state index >= 15 is 0 Å². The summed E-state index contributed by atoms with van der Waals surface area (Å²) in [7, 11) is 0. The first kappa shape index (κ1) is 18.7. The molecule has 3 amide bonds. The van der Waals surface area contributed by atoms with Gasteiger partial charge < -0.3 is 5.32 Å². The lowest BCUT2D eigenvalue weighted by Crippen LogP contribution is -2.41. The number of amides is 3. The molecule has 1 N–H and O–H groups in total. The summed E-state index contributed by atoms with van der Waals surface area (Å²) in [5.74, 6) is -2.46. The molecule has 0 radical (unpaired) electrons. The summed E-state index contributed by atoms with van der Waals surface area (Å²) in [6, 6.07) is 8.41. The average molecular weight is 398 g/mol. The van der Waals surface area contributed by atoms with E-state index in [0.29, 0.717) is 17.4 Å². The molecule has 1 saturated heterocycles. The Bertz CT molecular complexity index is 1240. The largest absolute Gasteiger partial charge is 0.325 e. The van der Waals surface area contributed by atoms with Gasteiger partial charge in [0, 0.05) is 23.4 Å². The number of benzene rings is 1. The molecule has 1 fully saturated rings. The lowest BCUT2D eigenvalue weighted by Gasteiger charge is -2.22.